The zero-order valence-corrected chi connectivity index (χ0v) is 19.8. The van der Waals surface area contributed by atoms with E-state index in [4.69, 9.17) is 4.74 Å². The van der Waals surface area contributed by atoms with Crippen LogP contribution in [0.1, 0.15) is 12.5 Å². The number of thioether (sulfide) groups is 1. The minimum atomic E-state index is -0.473. The maximum atomic E-state index is 13.1. The Balaban J connectivity index is 1.39. The van der Waals surface area contributed by atoms with Crippen LogP contribution in [0.25, 0.3) is 27.6 Å². The van der Waals surface area contributed by atoms with Gasteiger partial charge in [0.1, 0.15) is 12.3 Å². The fourth-order valence-corrected chi connectivity index (χ4v) is 4.94. The van der Waals surface area contributed by atoms with Gasteiger partial charge in [-0.1, -0.05) is 48.5 Å². The number of rotatable bonds is 6. The molecule has 1 saturated heterocycles. The van der Waals surface area contributed by atoms with Crippen LogP contribution in [0.15, 0.2) is 83.8 Å². The van der Waals surface area contributed by atoms with Crippen LogP contribution >= 0.6 is 11.8 Å². The average molecular weight is 483 g/mol. The maximum Gasteiger partial charge on any atom is 0.294 e. The molecule has 4 aromatic rings. The summed E-state index contributed by atoms with van der Waals surface area (Å²) in [5.41, 5.74) is 1.44. The maximum absolute atomic E-state index is 13.1. The topological polar surface area (TPSA) is 75.7 Å². The number of nitrogens with zero attached hydrogens (tertiary/aromatic N) is 1. The third-order valence-electron chi connectivity index (χ3n) is 5.71. The molecule has 0 saturated carbocycles. The van der Waals surface area contributed by atoms with Crippen molar-refractivity contribution < 1.29 is 19.1 Å². The highest BCUT2D eigenvalue weighted by atomic mass is 32.2. The molecule has 0 radical (unpaired) electrons. The van der Waals surface area contributed by atoms with E-state index in [2.05, 4.69) is 11.4 Å². The fourth-order valence-electron chi connectivity index (χ4n) is 4.12. The molecule has 3 amide bonds. The highest BCUT2D eigenvalue weighted by molar-refractivity contribution is 8.18. The number of hydrogen-bond donors (Lipinski definition) is 1. The molecule has 1 fully saturated rings. The van der Waals surface area contributed by atoms with Crippen molar-refractivity contribution >= 4 is 62.1 Å². The lowest BCUT2D eigenvalue weighted by molar-refractivity contribution is -0.127. The minimum absolute atomic E-state index is 0.297. The van der Waals surface area contributed by atoms with Gasteiger partial charge >= 0.3 is 0 Å². The van der Waals surface area contributed by atoms with E-state index in [0.29, 0.717) is 22.9 Å². The number of imide groups is 1. The van der Waals surface area contributed by atoms with Crippen molar-refractivity contribution in [1.29, 1.82) is 0 Å². The predicted molar refractivity (Wildman–Crippen MR) is 140 cm³/mol. The molecule has 7 heteroatoms. The smallest absolute Gasteiger partial charge is 0.294 e. The van der Waals surface area contributed by atoms with Crippen LogP contribution in [0.5, 0.6) is 5.75 Å². The van der Waals surface area contributed by atoms with Gasteiger partial charge in [0.15, 0.2) is 0 Å². The Hall–Kier alpha value is -4.10. The molecule has 0 atom stereocenters. The number of fused-ring (bicyclic) bond motifs is 2. The van der Waals surface area contributed by atoms with Gasteiger partial charge in [-0.3, -0.25) is 19.3 Å². The summed E-state index contributed by atoms with van der Waals surface area (Å²) in [6.07, 6.45) is 1.76. The van der Waals surface area contributed by atoms with E-state index >= 15 is 0 Å². The average Bonchev–Trinajstić information content (AvgIpc) is 3.12. The summed E-state index contributed by atoms with van der Waals surface area (Å²) in [7, 11) is 0. The summed E-state index contributed by atoms with van der Waals surface area (Å²) < 4.78 is 5.40. The van der Waals surface area contributed by atoms with Crippen LogP contribution in [-0.2, 0) is 9.59 Å². The first-order chi connectivity index (χ1) is 17.0. The van der Waals surface area contributed by atoms with Crippen LogP contribution in [0.4, 0.5) is 10.5 Å². The third-order valence-corrected chi connectivity index (χ3v) is 6.62. The number of nitrogens with one attached hydrogen (secondary N) is 1. The SMILES string of the molecule is CCOc1ccc(NC(=O)CN2C(=O)S/C(=C/c3c4ccccc4cc4ccccc34)C2=O)cc1. The number of ether oxygens (including phenoxy) is 1. The van der Waals surface area contributed by atoms with Gasteiger partial charge in [-0.25, -0.2) is 0 Å². The molecule has 0 aromatic heterocycles. The van der Waals surface area contributed by atoms with Crippen LogP contribution < -0.4 is 10.1 Å². The summed E-state index contributed by atoms with van der Waals surface area (Å²) in [5, 5.41) is 6.34. The van der Waals surface area contributed by atoms with Crippen molar-refractivity contribution in [2.75, 3.05) is 18.5 Å². The van der Waals surface area contributed by atoms with Crippen molar-refractivity contribution in [2.24, 2.45) is 0 Å². The van der Waals surface area contributed by atoms with E-state index in [1.807, 2.05) is 55.5 Å². The largest absolute Gasteiger partial charge is 0.494 e. The lowest BCUT2D eigenvalue weighted by Crippen LogP contribution is -2.36. The van der Waals surface area contributed by atoms with Gasteiger partial charge in [0.25, 0.3) is 11.1 Å². The van der Waals surface area contributed by atoms with Crippen molar-refractivity contribution in [2.45, 2.75) is 6.92 Å². The molecule has 1 N–H and O–H groups in total. The zero-order valence-electron chi connectivity index (χ0n) is 19.0. The second-order valence-electron chi connectivity index (χ2n) is 8.01. The summed E-state index contributed by atoms with van der Waals surface area (Å²) in [6, 6.07) is 24.9. The highest BCUT2D eigenvalue weighted by Crippen LogP contribution is 2.36. The summed E-state index contributed by atoms with van der Waals surface area (Å²) >= 11 is 0.851. The Kier molecular flexibility index (Phi) is 6.25. The van der Waals surface area contributed by atoms with Crippen molar-refractivity contribution in [3.05, 3.63) is 89.3 Å². The van der Waals surface area contributed by atoms with Gasteiger partial charge in [0.2, 0.25) is 5.91 Å². The Labute approximate surface area is 206 Å². The van der Waals surface area contributed by atoms with E-state index in [-0.39, 0.29) is 6.54 Å². The summed E-state index contributed by atoms with van der Waals surface area (Å²) in [5.74, 6) is -0.227. The molecule has 35 heavy (non-hydrogen) atoms. The molecule has 1 aliphatic heterocycles. The van der Waals surface area contributed by atoms with Gasteiger partial charge < -0.3 is 10.1 Å². The van der Waals surface area contributed by atoms with Crippen LogP contribution in [0, 0.1) is 0 Å². The van der Waals surface area contributed by atoms with Crippen molar-refractivity contribution in [3.8, 4) is 5.75 Å². The fraction of sp³-hybridized carbons (Fsp3) is 0.107. The standard InChI is InChI=1S/C28H22N2O4S/c1-2-34-21-13-11-20(12-14-21)29-26(31)17-30-27(32)25(35-28(30)33)16-24-22-9-5-3-7-18(22)15-19-8-4-6-10-23(19)24/h3-16H,2,17H2,1H3,(H,29,31)/b25-16+. The number of carbonyl (C=O) groups is 3. The molecule has 5 rings (SSSR count). The van der Waals surface area contributed by atoms with Crippen molar-refractivity contribution in [3.63, 3.8) is 0 Å². The molecule has 174 valence electrons. The Morgan fingerprint density at radius 1 is 0.943 bits per heavy atom. The minimum Gasteiger partial charge on any atom is -0.494 e. The van der Waals surface area contributed by atoms with Gasteiger partial charge in [-0.05, 0) is 82.2 Å². The normalized spacial score (nSPS) is 14.8. The number of hydrogen-bond acceptors (Lipinski definition) is 5. The summed E-state index contributed by atoms with van der Waals surface area (Å²) in [4.78, 5) is 39.6. The van der Waals surface area contributed by atoms with E-state index in [1.165, 1.54) is 0 Å². The number of carbonyl (C=O) groups excluding carboxylic acids is 3. The quantitative estimate of drug-likeness (QED) is 0.267. The number of amides is 3. The second kappa shape index (κ2) is 9.64. The van der Waals surface area contributed by atoms with Crippen molar-refractivity contribution in [1.82, 2.24) is 4.90 Å². The third kappa shape index (κ3) is 4.63. The highest BCUT2D eigenvalue weighted by Gasteiger charge is 2.36. The predicted octanol–water partition coefficient (Wildman–Crippen LogP) is 6.07. The molecule has 1 heterocycles. The first kappa shape index (κ1) is 22.7. The van der Waals surface area contributed by atoms with E-state index in [0.717, 1.165) is 43.8 Å². The van der Waals surface area contributed by atoms with Crippen LogP contribution in [0.3, 0.4) is 0 Å². The lowest BCUT2D eigenvalue weighted by atomic mass is 9.96. The first-order valence-corrected chi connectivity index (χ1v) is 12.0. The molecular formula is C28H22N2O4S. The Morgan fingerprint density at radius 2 is 1.57 bits per heavy atom. The van der Waals surface area contributed by atoms with Gasteiger partial charge in [0, 0.05) is 5.69 Å². The molecule has 4 aromatic carbocycles. The molecule has 6 nitrogen and oxygen atoms in total. The second-order valence-corrected chi connectivity index (χ2v) is 9.00. The Bertz CT molecular complexity index is 1440. The molecule has 0 unspecified atom stereocenters. The zero-order chi connectivity index (χ0) is 24.4. The number of anilines is 1. The molecular weight excluding hydrogens is 460 g/mol. The lowest BCUT2D eigenvalue weighted by Gasteiger charge is -2.13. The molecule has 0 aliphatic carbocycles. The molecule has 0 spiro atoms. The van der Waals surface area contributed by atoms with Crippen LogP contribution in [-0.4, -0.2) is 35.1 Å². The van der Waals surface area contributed by atoms with E-state index in [1.54, 1.807) is 30.3 Å². The Morgan fingerprint density at radius 3 is 2.20 bits per heavy atom. The monoisotopic (exact) mass is 482 g/mol. The summed E-state index contributed by atoms with van der Waals surface area (Å²) in [6.45, 7) is 2.09. The van der Waals surface area contributed by atoms with Gasteiger partial charge in [-0.15, -0.1) is 0 Å². The van der Waals surface area contributed by atoms with Gasteiger partial charge in [-0.2, -0.15) is 0 Å². The first-order valence-electron chi connectivity index (χ1n) is 11.2. The molecule has 1 aliphatic rings. The van der Waals surface area contributed by atoms with Gasteiger partial charge in [0.05, 0.1) is 11.5 Å². The van der Waals surface area contributed by atoms with E-state index in [9.17, 15) is 14.4 Å². The van der Waals surface area contributed by atoms with E-state index < -0.39 is 17.1 Å². The molecule has 0 bridgehead atoms. The van der Waals surface area contributed by atoms with Crippen LogP contribution in [0.2, 0.25) is 0 Å². The number of benzene rings is 4.